The van der Waals surface area contributed by atoms with E-state index in [9.17, 15) is 24.4 Å². The van der Waals surface area contributed by atoms with Gasteiger partial charge in [0.05, 0.1) is 29.7 Å². The largest absolute Gasteiger partial charge is 0.391 e. The second-order valence-corrected chi connectivity index (χ2v) is 3.76. The summed E-state index contributed by atoms with van der Waals surface area (Å²) in [6, 6.07) is 2.95. The van der Waals surface area contributed by atoms with Gasteiger partial charge in [-0.25, -0.2) is 4.39 Å². The Kier molecular flexibility index (Phi) is 2.76. The molecule has 1 saturated heterocycles. The number of hydrogen-bond acceptors (Lipinski definition) is 4. The molecule has 0 aliphatic carbocycles. The third-order valence-electron chi connectivity index (χ3n) is 2.54. The molecule has 1 heterocycles. The summed E-state index contributed by atoms with van der Waals surface area (Å²) in [5.41, 5.74) is -0.462. The van der Waals surface area contributed by atoms with Crippen LogP contribution in [0.2, 0.25) is 0 Å². The molecular formula is C10H9FN2O4. The van der Waals surface area contributed by atoms with Crippen molar-refractivity contribution in [2.75, 3.05) is 11.4 Å². The van der Waals surface area contributed by atoms with Crippen molar-refractivity contribution in [3.63, 3.8) is 0 Å². The average molecular weight is 240 g/mol. The second kappa shape index (κ2) is 4.10. The molecule has 2 rings (SSSR count). The molecule has 7 heteroatoms. The van der Waals surface area contributed by atoms with Crippen molar-refractivity contribution >= 4 is 17.3 Å². The minimum Gasteiger partial charge on any atom is -0.391 e. The molecule has 0 radical (unpaired) electrons. The highest BCUT2D eigenvalue weighted by atomic mass is 19.1. The van der Waals surface area contributed by atoms with Crippen LogP contribution in [0, 0.1) is 15.9 Å². The number of carbonyl (C=O) groups excluding carboxylic acids is 1. The molecule has 6 nitrogen and oxygen atoms in total. The standard InChI is InChI=1S/C10H9FN2O4/c11-8-2-1-6(13(16)17)3-9(8)12-5-7(14)4-10(12)15/h1-3,7,14H,4-5H2. The van der Waals surface area contributed by atoms with E-state index >= 15 is 0 Å². The molecule has 1 N–H and O–H groups in total. The zero-order chi connectivity index (χ0) is 12.6. The van der Waals surface area contributed by atoms with Crippen LogP contribution in [0.3, 0.4) is 0 Å². The Balaban J connectivity index is 2.41. The number of nitrogens with zero attached hydrogens (tertiary/aromatic N) is 2. The third-order valence-corrected chi connectivity index (χ3v) is 2.54. The number of aliphatic hydroxyl groups is 1. The summed E-state index contributed by atoms with van der Waals surface area (Å²) in [6.45, 7) is -0.0447. The first-order valence-electron chi connectivity index (χ1n) is 4.91. The van der Waals surface area contributed by atoms with Crippen LogP contribution in [-0.4, -0.2) is 28.6 Å². The van der Waals surface area contributed by atoms with E-state index in [4.69, 9.17) is 0 Å². The van der Waals surface area contributed by atoms with Gasteiger partial charge in [-0.2, -0.15) is 0 Å². The first-order valence-corrected chi connectivity index (χ1v) is 4.91. The fourth-order valence-corrected chi connectivity index (χ4v) is 1.74. The molecule has 17 heavy (non-hydrogen) atoms. The number of carbonyl (C=O) groups is 1. The lowest BCUT2D eigenvalue weighted by molar-refractivity contribution is -0.384. The van der Waals surface area contributed by atoms with Crippen LogP contribution < -0.4 is 4.90 Å². The summed E-state index contributed by atoms with van der Waals surface area (Å²) in [4.78, 5) is 22.4. The molecule has 0 bridgehead atoms. The quantitative estimate of drug-likeness (QED) is 0.613. The van der Waals surface area contributed by atoms with Gasteiger partial charge < -0.3 is 10.0 Å². The summed E-state index contributed by atoms with van der Waals surface area (Å²) in [5, 5.41) is 19.8. The van der Waals surface area contributed by atoms with E-state index in [1.807, 2.05) is 0 Å². The Labute approximate surface area is 95.4 Å². The predicted octanol–water partition coefficient (Wildman–Crippen LogP) is 0.832. The van der Waals surface area contributed by atoms with E-state index in [0.717, 1.165) is 23.1 Å². The van der Waals surface area contributed by atoms with Crippen molar-refractivity contribution in [3.05, 3.63) is 34.1 Å². The van der Waals surface area contributed by atoms with Gasteiger partial charge in [0.2, 0.25) is 5.91 Å². The SMILES string of the molecule is O=C1CC(O)CN1c1cc([N+](=O)[O-])ccc1F. The highest BCUT2D eigenvalue weighted by Gasteiger charge is 2.31. The van der Waals surface area contributed by atoms with Gasteiger partial charge in [-0.05, 0) is 6.07 Å². The summed E-state index contributed by atoms with van der Waals surface area (Å²) < 4.78 is 13.5. The highest BCUT2D eigenvalue weighted by Crippen LogP contribution is 2.28. The predicted molar refractivity (Wildman–Crippen MR) is 56.0 cm³/mol. The summed E-state index contributed by atoms with van der Waals surface area (Å²) in [5.74, 6) is -1.17. The third kappa shape index (κ3) is 2.09. The van der Waals surface area contributed by atoms with Gasteiger partial charge in [0.1, 0.15) is 5.82 Å². The fourth-order valence-electron chi connectivity index (χ4n) is 1.74. The van der Waals surface area contributed by atoms with Gasteiger partial charge in [-0.1, -0.05) is 0 Å². The Morgan fingerprint density at radius 3 is 2.76 bits per heavy atom. The van der Waals surface area contributed by atoms with Gasteiger partial charge >= 0.3 is 0 Å². The highest BCUT2D eigenvalue weighted by molar-refractivity contribution is 5.96. The zero-order valence-electron chi connectivity index (χ0n) is 8.67. The molecule has 1 aliphatic heterocycles. The number of non-ortho nitro benzene ring substituents is 1. The number of amides is 1. The molecule has 1 unspecified atom stereocenters. The van der Waals surface area contributed by atoms with E-state index in [0.29, 0.717) is 0 Å². The van der Waals surface area contributed by atoms with Gasteiger partial charge in [0.25, 0.3) is 5.69 Å². The lowest BCUT2D eigenvalue weighted by Gasteiger charge is -2.16. The van der Waals surface area contributed by atoms with Crippen molar-refractivity contribution in [1.82, 2.24) is 0 Å². The number of nitro benzene ring substituents is 1. The normalized spacial score (nSPS) is 19.8. The number of aliphatic hydroxyl groups excluding tert-OH is 1. The van der Waals surface area contributed by atoms with Gasteiger partial charge in [0, 0.05) is 12.1 Å². The molecule has 0 saturated carbocycles. The van der Waals surface area contributed by atoms with Crippen LogP contribution >= 0.6 is 0 Å². The molecule has 90 valence electrons. The molecule has 0 spiro atoms. The monoisotopic (exact) mass is 240 g/mol. The van der Waals surface area contributed by atoms with Crippen LogP contribution in [0.1, 0.15) is 6.42 Å². The van der Waals surface area contributed by atoms with Crippen molar-refractivity contribution in [2.45, 2.75) is 12.5 Å². The van der Waals surface area contributed by atoms with Crippen molar-refractivity contribution in [1.29, 1.82) is 0 Å². The van der Waals surface area contributed by atoms with E-state index in [2.05, 4.69) is 0 Å². The molecule has 1 fully saturated rings. The van der Waals surface area contributed by atoms with Crippen LogP contribution in [-0.2, 0) is 4.79 Å². The maximum absolute atomic E-state index is 13.5. The van der Waals surface area contributed by atoms with Gasteiger partial charge in [-0.3, -0.25) is 14.9 Å². The molecule has 1 amide bonds. The molecule has 1 aromatic carbocycles. The number of nitro groups is 1. The second-order valence-electron chi connectivity index (χ2n) is 3.76. The van der Waals surface area contributed by atoms with Crippen molar-refractivity contribution < 1.29 is 19.2 Å². The maximum atomic E-state index is 13.5. The number of benzene rings is 1. The maximum Gasteiger partial charge on any atom is 0.271 e. The first-order chi connectivity index (χ1) is 7.99. The number of anilines is 1. The molecule has 1 aromatic rings. The van der Waals surface area contributed by atoms with E-state index < -0.39 is 22.8 Å². The van der Waals surface area contributed by atoms with E-state index in [-0.39, 0.29) is 24.3 Å². The van der Waals surface area contributed by atoms with Crippen LogP contribution in [0.5, 0.6) is 0 Å². The van der Waals surface area contributed by atoms with E-state index in [1.54, 1.807) is 0 Å². The fraction of sp³-hybridized carbons (Fsp3) is 0.300. The van der Waals surface area contributed by atoms with Crippen LogP contribution in [0.15, 0.2) is 18.2 Å². The van der Waals surface area contributed by atoms with E-state index in [1.165, 1.54) is 0 Å². The molecule has 1 atom stereocenters. The van der Waals surface area contributed by atoms with Crippen molar-refractivity contribution in [2.24, 2.45) is 0 Å². The van der Waals surface area contributed by atoms with Crippen molar-refractivity contribution in [3.8, 4) is 0 Å². The lowest BCUT2D eigenvalue weighted by atomic mass is 10.2. The number of halogens is 1. The van der Waals surface area contributed by atoms with Crippen LogP contribution in [0.25, 0.3) is 0 Å². The smallest absolute Gasteiger partial charge is 0.271 e. The Bertz CT molecular complexity index is 491. The number of rotatable bonds is 2. The average Bonchev–Trinajstić information content (AvgIpc) is 2.58. The molecule has 1 aliphatic rings. The molecule has 0 aromatic heterocycles. The number of β-amino-alcohol motifs (C(OH)–C–C–N with tert-alkyl or cyclic N) is 1. The van der Waals surface area contributed by atoms with Crippen LogP contribution in [0.4, 0.5) is 15.8 Å². The molecular weight excluding hydrogens is 231 g/mol. The summed E-state index contributed by atoms with van der Waals surface area (Å²) in [7, 11) is 0. The Morgan fingerprint density at radius 2 is 2.24 bits per heavy atom. The summed E-state index contributed by atoms with van der Waals surface area (Å²) in [6.07, 6.45) is -0.955. The topological polar surface area (TPSA) is 83.7 Å². The number of hydrogen-bond donors (Lipinski definition) is 1. The zero-order valence-corrected chi connectivity index (χ0v) is 8.67. The Morgan fingerprint density at radius 1 is 1.53 bits per heavy atom. The lowest BCUT2D eigenvalue weighted by Crippen LogP contribution is -2.26. The Hall–Kier alpha value is -2.02. The summed E-state index contributed by atoms with van der Waals surface area (Å²) >= 11 is 0. The minimum atomic E-state index is -0.860. The first kappa shape index (κ1) is 11.5. The van der Waals surface area contributed by atoms with Gasteiger partial charge in [-0.15, -0.1) is 0 Å². The van der Waals surface area contributed by atoms with Gasteiger partial charge in [0.15, 0.2) is 0 Å². The minimum absolute atomic E-state index is 0.0447.